The van der Waals surface area contributed by atoms with Gasteiger partial charge in [0, 0.05) is 36.5 Å². The predicted molar refractivity (Wildman–Crippen MR) is 138 cm³/mol. The van der Waals surface area contributed by atoms with Gasteiger partial charge < -0.3 is 9.80 Å². The lowest BCUT2D eigenvalue weighted by atomic mass is 9.82. The first kappa shape index (κ1) is 24.8. The van der Waals surface area contributed by atoms with E-state index in [0.717, 1.165) is 28.0 Å². The summed E-state index contributed by atoms with van der Waals surface area (Å²) in [5.74, 6) is 2.35. The quantitative estimate of drug-likeness (QED) is 0.290. The van der Waals surface area contributed by atoms with Crippen LogP contribution in [0.1, 0.15) is 86.6 Å². The van der Waals surface area contributed by atoms with Gasteiger partial charge in [0.1, 0.15) is 6.04 Å². The zero-order chi connectivity index (χ0) is 24.2. The largest absolute Gasteiger partial charge is 0.322 e. The summed E-state index contributed by atoms with van der Waals surface area (Å²) in [6.07, 6.45) is 12.9. The summed E-state index contributed by atoms with van der Waals surface area (Å²) in [6.45, 7) is 4.45. The van der Waals surface area contributed by atoms with Gasteiger partial charge in [0.05, 0.1) is 0 Å². The average Bonchev–Trinajstić information content (AvgIpc) is 3.42. The molecule has 3 fully saturated rings. The predicted octanol–water partition coefficient (Wildman–Crippen LogP) is 4.61. The molecule has 0 aromatic heterocycles. The Labute approximate surface area is 213 Å². The second-order valence-corrected chi connectivity index (χ2v) is 12.0. The summed E-state index contributed by atoms with van der Waals surface area (Å²) >= 11 is 1.83. The summed E-state index contributed by atoms with van der Waals surface area (Å²) < 4.78 is 0. The van der Waals surface area contributed by atoms with E-state index in [4.69, 9.17) is 0 Å². The Bertz CT molecular complexity index is 937. The van der Waals surface area contributed by atoms with Gasteiger partial charge in [-0.25, -0.2) is 0 Å². The van der Waals surface area contributed by atoms with Crippen LogP contribution in [0, 0.1) is 11.8 Å². The van der Waals surface area contributed by atoms with Gasteiger partial charge in [-0.2, -0.15) is 0 Å². The lowest BCUT2D eigenvalue weighted by molar-refractivity contribution is -0.136. The molecular formula is C28H39N3O3S. The van der Waals surface area contributed by atoms with Gasteiger partial charge in [-0.15, -0.1) is 11.8 Å². The summed E-state index contributed by atoms with van der Waals surface area (Å²) in [4.78, 5) is 42.3. The Hall–Kier alpha value is -1.86. The highest BCUT2D eigenvalue weighted by Gasteiger charge is 2.39. The van der Waals surface area contributed by atoms with Crippen LogP contribution in [0.5, 0.6) is 0 Å². The van der Waals surface area contributed by atoms with E-state index in [2.05, 4.69) is 16.3 Å². The summed E-state index contributed by atoms with van der Waals surface area (Å²) in [7, 11) is 0. The van der Waals surface area contributed by atoms with Crippen LogP contribution in [0.2, 0.25) is 0 Å². The van der Waals surface area contributed by atoms with Crippen molar-refractivity contribution in [1.29, 1.82) is 0 Å². The number of thioether (sulfide) groups is 1. The highest BCUT2D eigenvalue weighted by atomic mass is 32.2. The first-order chi connectivity index (χ1) is 17.1. The normalized spacial score (nSPS) is 26.7. The van der Waals surface area contributed by atoms with E-state index < -0.39 is 6.04 Å². The van der Waals surface area contributed by atoms with Gasteiger partial charge in [0.15, 0.2) is 0 Å². The Balaban J connectivity index is 1.01. The smallest absolute Gasteiger partial charge is 0.255 e. The van der Waals surface area contributed by atoms with Gasteiger partial charge in [-0.05, 0) is 73.9 Å². The number of likely N-dealkylation sites (tertiary alicyclic amines) is 1. The fraction of sp³-hybridized carbons (Fsp3) is 0.679. The number of rotatable bonds is 10. The van der Waals surface area contributed by atoms with Crippen molar-refractivity contribution < 1.29 is 14.4 Å². The number of nitrogens with zero attached hydrogens (tertiary/aromatic N) is 2. The van der Waals surface area contributed by atoms with Crippen molar-refractivity contribution in [3.8, 4) is 0 Å². The molecule has 1 saturated carbocycles. The molecule has 1 aromatic rings. The SMILES string of the molecule is O=C1CCC(N2Cc3c(SCCCCCCCN4C[C@H]5CCCC[C@H]5C4)cccc3C2=O)C(=O)N1. The number of carbonyl (C=O) groups excluding carboxylic acids is 3. The van der Waals surface area contributed by atoms with Gasteiger partial charge in [0.25, 0.3) is 5.91 Å². The molecule has 1 N–H and O–H groups in total. The molecule has 3 atom stereocenters. The Morgan fingerprint density at radius 2 is 1.66 bits per heavy atom. The first-order valence-corrected chi connectivity index (χ1v) is 14.7. The molecule has 0 radical (unpaired) electrons. The van der Waals surface area contributed by atoms with Crippen LogP contribution in [0.15, 0.2) is 23.1 Å². The number of carbonyl (C=O) groups is 3. The third-order valence-electron chi connectivity index (χ3n) is 8.47. The van der Waals surface area contributed by atoms with Crippen molar-refractivity contribution in [3.63, 3.8) is 0 Å². The molecule has 6 nitrogen and oxygen atoms in total. The molecule has 3 aliphatic heterocycles. The van der Waals surface area contributed by atoms with Crippen molar-refractivity contribution in [3.05, 3.63) is 29.3 Å². The Morgan fingerprint density at radius 3 is 2.43 bits per heavy atom. The maximum absolute atomic E-state index is 13.0. The second kappa shape index (κ2) is 11.5. The van der Waals surface area contributed by atoms with Crippen LogP contribution in [0.25, 0.3) is 0 Å². The third-order valence-corrected chi connectivity index (χ3v) is 9.65. The molecule has 1 aromatic carbocycles. The molecule has 3 amide bonds. The van der Waals surface area contributed by atoms with E-state index in [1.165, 1.54) is 77.4 Å². The fourth-order valence-corrected chi connectivity index (χ4v) is 7.62. The highest BCUT2D eigenvalue weighted by Crippen LogP contribution is 2.36. The van der Waals surface area contributed by atoms with Crippen LogP contribution in [0.3, 0.4) is 0 Å². The minimum atomic E-state index is -0.546. The molecule has 3 heterocycles. The fourth-order valence-electron chi connectivity index (χ4n) is 6.53. The number of fused-ring (bicyclic) bond motifs is 2. The summed E-state index contributed by atoms with van der Waals surface area (Å²) in [5.41, 5.74) is 1.75. The molecule has 5 rings (SSSR count). The molecule has 1 unspecified atom stereocenters. The molecule has 1 aliphatic carbocycles. The van der Waals surface area contributed by atoms with Crippen molar-refractivity contribution in [2.75, 3.05) is 25.4 Å². The van der Waals surface area contributed by atoms with Gasteiger partial charge in [0.2, 0.25) is 11.8 Å². The van der Waals surface area contributed by atoms with Crippen molar-refractivity contribution in [1.82, 2.24) is 15.1 Å². The van der Waals surface area contributed by atoms with Crippen LogP contribution < -0.4 is 5.32 Å². The monoisotopic (exact) mass is 497 g/mol. The highest BCUT2D eigenvalue weighted by molar-refractivity contribution is 7.99. The molecule has 0 bridgehead atoms. The number of benzene rings is 1. The van der Waals surface area contributed by atoms with Crippen LogP contribution >= 0.6 is 11.8 Å². The van der Waals surface area contributed by atoms with E-state index in [9.17, 15) is 14.4 Å². The van der Waals surface area contributed by atoms with Crippen molar-refractivity contribution >= 4 is 29.5 Å². The number of unbranched alkanes of at least 4 members (excludes halogenated alkanes) is 4. The standard InChI is InChI=1S/C28H39N3O3S/c32-26-14-13-24(27(33)29-26)31-19-23-22(28(31)34)11-8-12-25(23)35-16-7-3-1-2-6-15-30-17-20-9-4-5-10-21(20)18-30/h8,11-12,20-21,24H,1-7,9-10,13-19H2,(H,29,32,33)/t20-,21+,24?. The molecule has 190 valence electrons. The Morgan fingerprint density at radius 1 is 0.914 bits per heavy atom. The number of piperidine rings is 1. The minimum absolute atomic E-state index is 0.0887. The molecule has 4 aliphatic rings. The minimum Gasteiger partial charge on any atom is -0.322 e. The Kier molecular flexibility index (Phi) is 8.13. The van der Waals surface area contributed by atoms with E-state index in [-0.39, 0.29) is 24.1 Å². The zero-order valence-electron chi connectivity index (χ0n) is 20.8. The first-order valence-electron chi connectivity index (χ1n) is 13.7. The maximum atomic E-state index is 13.0. The van der Waals surface area contributed by atoms with Gasteiger partial charge in [-0.3, -0.25) is 19.7 Å². The van der Waals surface area contributed by atoms with Crippen LogP contribution in [-0.4, -0.2) is 59.0 Å². The third kappa shape index (κ3) is 5.77. The number of nitrogens with one attached hydrogen (secondary N) is 1. The zero-order valence-corrected chi connectivity index (χ0v) is 21.6. The number of hydrogen-bond donors (Lipinski definition) is 1. The number of amides is 3. The van der Waals surface area contributed by atoms with Crippen molar-refractivity contribution in [2.45, 2.75) is 88.1 Å². The number of hydrogen-bond acceptors (Lipinski definition) is 5. The van der Waals surface area contributed by atoms with Gasteiger partial charge in [-0.1, -0.05) is 38.2 Å². The maximum Gasteiger partial charge on any atom is 0.255 e. The second-order valence-electron chi connectivity index (χ2n) is 10.9. The lowest BCUT2D eigenvalue weighted by Crippen LogP contribution is -2.52. The van der Waals surface area contributed by atoms with E-state index in [1.54, 1.807) is 4.90 Å². The number of imide groups is 1. The van der Waals surface area contributed by atoms with E-state index >= 15 is 0 Å². The van der Waals surface area contributed by atoms with Crippen molar-refractivity contribution in [2.24, 2.45) is 11.8 Å². The summed E-state index contributed by atoms with van der Waals surface area (Å²) in [6, 6.07) is 5.36. The van der Waals surface area contributed by atoms with Crippen LogP contribution in [0.4, 0.5) is 0 Å². The molecule has 35 heavy (non-hydrogen) atoms. The molecule has 7 heteroatoms. The van der Waals surface area contributed by atoms with Crippen LogP contribution in [-0.2, 0) is 16.1 Å². The topological polar surface area (TPSA) is 69.7 Å². The lowest BCUT2D eigenvalue weighted by Gasteiger charge is -2.29. The average molecular weight is 498 g/mol. The molecular weight excluding hydrogens is 458 g/mol. The van der Waals surface area contributed by atoms with E-state index in [0.29, 0.717) is 18.5 Å². The van der Waals surface area contributed by atoms with E-state index in [1.807, 2.05) is 23.9 Å². The molecule has 0 spiro atoms. The summed E-state index contributed by atoms with van der Waals surface area (Å²) in [5, 5.41) is 2.38. The molecule has 2 saturated heterocycles. The van der Waals surface area contributed by atoms with Gasteiger partial charge >= 0.3 is 0 Å².